The molecule has 0 radical (unpaired) electrons. The SMILES string of the molecule is C#CCN(CC(=O)O)C(=O)CO[C@H]1[C@@H](OC)[C@H](n2ccc(=O)[nH]c2=O)O[C@@H]1CO. The first-order chi connectivity index (χ1) is 13.8. The topological polar surface area (TPSA) is 160 Å². The summed E-state index contributed by atoms with van der Waals surface area (Å²) in [5, 5.41) is 18.5. The summed E-state index contributed by atoms with van der Waals surface area (Å²) in [6, 6.07) is 1.12. The number of aliphatic hydroxyl groups is 1. The van der Waals surface area contributed by atoms with Gasteiger partial charge in [-0.2, -0.15) is 0 Å². The summed E-state index contributed by atoms with van der Waals surface area (Å²) in [5.41, 5.74) is -1.35. The molecule has 12 nitrogen and oxygen atoms in total. The molecule has 1 aliphatic heterocycles. The molecule has 0 saturated carbocycles. The van der Waals surface area contributed by atoms with Gasteiger partial charge in [-0.3, -0.25) is 23.9 Å². The van der Waals surface area contributed by atoms with Crippen LogP contribution in [0, 0.1) is 12.3 Å². The van der Waals surface area contributed by atoms with Crippen molar-refractivity contribution in [2.24, 2.45) is 0 Å². The fraction of sp³-hybridized carbons (Fsp3) is 0.529. The number of hydrogen-bond acceptors (Lipinski definition) is 8. The molecular formula is C17H21N3O9. The van der Waals surface area contributed by atoms with Gasteiger partial charge in [0.05, 0.1) is 13.2 Å². The number of hydrogen-bond donors (Lipinski definition) is 3. The highest BCUT2D eigenvalue weighted by Crippen LogP contribution is 2.32. The van der Waals surface area contributed by atoms with Gasteiger partial charge in [0, 0.05) is 19.4 Å². The number of amides is 1. The molecule has 0 spiro atoms. The van der Waals surface area contributed by atoms with Crippen LogP contribution in [0.3, 0.4) is 0 Å². The highest BCUT2D eigenvalue weighted by atomic mass is 16.6. The van der Waals surface area contributed by atoms with E-state index in [2.05, 4.69) is 10.9 Å². The number of carboxylic acids is 1. The molecule has 12 heteroatoms. The monoisotopic (exact) mass is 411 g/mol. The quantitative estimate of drug-likeness (QED) is 0.369. The van der Waals surface area contributed by atoms with E-state index in [0.29, 0.717) is 0 Å². The van der Waals surface area contributed by atoms with E-state index in [-0.39, 0.29) is 6.54 Å². The van der Waals surface area contributed by atoms with Crippen LogP contribution >= 0.6 is 0 Å². The Morgan fingerprint density at radius 1 is 1.41 bits per heavy atom. The van der Waals surface area contributed by atoms with Crippen LogP contribution in [0.25, 0.3) is 0 Å². The van der Waals surface area contributed by atoms with Crippen LogP contribution in [-0.4, -0.2) is 88.3 Å². The Balaban J connectivity index is 2.17. The molecule has 2 rings (SSSR count). The summed E-state index contributed by atoms with van der Waals surface area (Å²) in [6.45, 7) is -1.87. The van der Waals surface area contributed by atoms with Crippen LogP contribution in [0.5, 0.6) is 0 Å². The van der Waals surface area contributed by atoms with Crippen molar-refractivity contribution in [3.05, 3.63) is 33.1 Å². The number of H-pyrrole nitrogens is 1. The zero-order chi connectivity index (χ0) is 21.6. The molecule has 0 aliphatic carbocycles. The number of carbonyl (C=O) groups excluding carboxylic acids is 1. The van der Waals surface area contributed by atoms with E-state index >= 15 is 0 Å². The first-order valence-electron chi connectivity index (χ1n) is 8.47. The van der Waals surface area contributed by atoms with Crippen LogP contribution in [0.2, 0.25) is 0 Å². The molecule has 1 fully saturated rings. The zero-order valence-electron chi connectivity index (χ0n) is 15.5. The molecule has 158 valence electrons. The van der Waals surface area contributed by atoms with E-state index in [0.717, 1.165) is 15.5 Å². The summed E-state index contributed by atoms with van der Waals surface area (Å²) in [7, 11) is 1.32. The molecule has 4 atom stereocenters. The van der Waals surface area contributed by atoms with Gasteiger partial charge in [-0.1, -0.05) is 5.92 Å². The lowest BCUT2D eigenvalue weighted by molar-refractivity contribution is -0.149. The molecule has 2 heterocycles. The fourth-order valence-electron chi connectivity index (χ4n) is 2.92. The highest BCUT2D eigenvalue weighted by molar-refractivity contribution is 5.82. The van der Waals surface area contributed by atoms with E-state index in [9.17, 15) is 24.3 Å². The van der Waals surface area contributed by atoms with E-state index in [1.165, 1.54) is 13.3 Å². The number of aromatic nitrogens is 2. The minimum absolute atomic E-state index is 0.220. The molecule has 29 heavy (non-hydrogen) atoms. The molecule has 1 amide bonds. The molecular weight excluding hydrogens is 390 g/mol. The molecule has 1 aliphatic rings. The highest BCUT2D eigenvalue weighted by Gasteiger charge is 2.47. The summed E-state index contributed by atoms with van der Waals surface area (Å²) < 4.78 is 17.6. The third-order valence-electron chi connectivity index (χ3n) is 4.22. The van der Waals surface area contributed by atoms with Crippen molar-refractivity contribution in [3.8, 4) is 12.3 Å². The Kier molecular flexibility index (Phi) is 7.68. The number of aliphatic carboxylic acids is 1. The van der Waals surface area contributed by atoms with Gasteiger partial charge >= 0.3 is 11.7 Å². The minimum Gasteiger partial charge on any atom is -0.480 e. The Labute approximate surface area is 164 Å². The largest absolute Gasteiger partial charge is 0.480 e. The second-order valence-corrected chi connectivity index (χ2v) is 6.09. The summed E-state index contributed by atoms with van der Waals surface area (Å²) in [6.07, 6.45) is 2.50. The van der Waals surface area contributed by atoms with Crippen molar-refractivity contribution >= 4 is 11.9 Å². The van der Waals surface area contributed by atoms with Crippen molar-refractivity contribution in [2.45, 2.75) is 24.5 Å². The zero-order valence-corrected chi connectivity index (χ0v) is 15.5. The summed E-state index contributed by atoms with van der Waals surface area (Å²) in [5.74, 6) is 0.274. The lowest BCUT2D eigenvalue weighted by Gasteiger charge is -2.24. The number of aliphatic hydroxyl groups excluding tert-OH is 1. The lowest BCUT2D eigenvalue weighted by atomic mass is 10.1. The number of nitrogens with one attached hydrogen (secondary N) is 1. The van der Waals surface area contributed by atoms with Gasteiger partial charge < -0.3 is 29.3 Å². The Hall–Kier alpha value is -2.98. The minimum atomic E-state index is -1.24. The average molecular weight is 411 g/mol. The predicted octanol–water partition coefficient (Wildman–Crippen LogP) is -2.63. The average Bonchev–Trinajstić information content (AvgIpc) is 3.02. The van der Waals surface area contributed by atoms with Crippen LogP contribution in [0.4, 0.5) is 0 Å². The number of aromatic amines is 1. The molecule has 1 saturated heterocycles. The first kappa shape index (κ1) is 22.3. The standard InChI is InChI=1S/C17H21N3O9/c1-3-5-19(7-13(24)25)12(23)9-28-14-10(8-21)29-16(15(14)27-2)20-6-4-11(22)18-17(20)26/h1,4,6,10,14-16,21H,5,7-9H2,2H3,(H,24,25)(H,18,22,26)/t10-,14-,15-,16-/m1/s1. The molecule has 0 bridgehead atoms. The Morgan fingerprint density at radius 2 is 2.14 bits per heavy atom. The Bertz CT molecular complexity index is 887. The number of carboxylic acid groups (broad SMARTS) is 1. The fourth-order valence-corrected chi connectivity index (χ4v) is 2.92. The number of ether oxygens (including phenoxy) is 3. The maximum atomic E-state index is 12.3. The van der Waals surface area contributed by atoms with Crippen LogP contribution in [-0.2, 0) is 23.8 Å². The normalized spacial score (nSPS) is 23.5. The Morgan fingerprint density at radius 3 is 2.69 bits per heavy atom. The molecule has 3 N–H and O–H groups in total. The summed E-state index contributed by atoms with van der Waals surface area (Å²) >= 11 is 0. The number of carbonyl (C=O) groups is 2. The number of nitrogens with zero attached hydrogens (tertiary/aromatic N) is 2. The van der Waals surface area contributed by atoms with Gasteiger partial charge in [0.1, 0.15) is 31.5 Å². The molecule has 1 aromatic rings. The number of terminal acetylenes is 1. The second kappa shape index (κ2) is 9.99. The number of methoxy groups -OCH3 is 1. The van der Waals surface area contributed by atoms with Gasteiger partial charge in [0.15, 0.2) is 6.23 Å². The van der Waals surface area contributed by atoms with Crippen LogP contribution < -0.4 is 11.2 Å². The van der Waals surface area contributed by atoms with Gasteiger partial charge in [0.2, 0.25) is 5.91 Å². The maximum absolute atomic E-state index is 12.3. The van der Waals surface area contributed by atoms with Crippen LogP contribution in [0.15, 0.2) is 21.9 Å². The van der Waals surface area contributed by atoms with Crippen molar-refractivity contribution in [2.75, 3.05) is 33.4 Å². The number of rotatable bonds is 9. The van der Waals surface area contributed by atoms with Gasteiger partial charge in [-0.15, -0.1) is 6.42 Å². The lowest BCUT2D eigenvalue weighted by Crippen LogP contribution is -2.43. The van der Waals surface area contributed by atoms with Crippen molar-refractivity contribution in [1.82, 2.24) is 14.5 Å². The van der Waals surface area contributed by atoms with E-state index in [4.69, 9.17) is 25.7 Å². The predicted molar refractivity (Wildman–Crippen MR) is 95.9 cm³/mol. The smallest absolute Gasteiger partial charge is 0.330 e. The molecule has 0 unspecified atom stereocenters. The van der Waals surface area contributed by atoms with Crippen LogP contribution in [0.1, 0.15) is 6.23 Å². The van der Waals surface area contributed by atoms with Crippen molar-refractivity contribution in [3.63, 3.8) is 0 Å². The van der Waals surface area contributed by atoms with Crippen molar-refractivity contribution < 1.29 is 34.0 Å². The molecule has 0 aromatic carbocycles. The van der Waals surface area contributed by atoms with E-state index in [1.807, 2.05) is 0 Å². The maximum Gasteiger partial charge on any atom is 0.330 e. The van der Waals surface area contributed by atoms with Crippen molar-refractivity contribution in [1.29, 1.82) is 0 Å². The third kappa shape index (κ3) is 5.30. The van der Waals surface area contributed by atoms with E-state index in [1.54, 1.807) is 0 Å². The first-order valence-corrected chi connectivity index (χ1v) is 8.47. The third-order valence-corrected chi connectivity index (χ3v) is 4.22. The van der Waals surface area contributed by atoms with Gasteiger partial charge in [-0.25, -0.2) is 4.79 Å². The van der Waals surface area contributed by atoms with Gasteiger partial charge in [-0.05, 0) is 0 Å². The summed E-state index contributed by atoms with van der Waals surface area (Å²) in [4.78, 5) is 49.4. The van der Waals surface area contributed by atoms with Gasteiger partial charge in [0.25, 0.3) is 5.56 Å². The second-order valence-electron chi connectivity index (χ2n) is 6.09. The van der Waals surface area contributed by atoms with E-state index < -0.39 is 67.4 Å². The molecule has 1 aromatic heterocycles.